The second-order valence-electron chi connectivity index (χ2n) is 5.17. The van der Waals surface area contributed by atoms with Gasteiger partial charge in [0.25, 0.3) is 5.91 Å². The van der Waals surface area contributed by atoms with Gasteiger partial charge in [-0.1, -0.05) is 0 Å². The summed E-state index contributed by atoms with van der Waals surface area (Å²) in [5.41, 5.74) is 2.43. The van der Waals surface area contributed by atoms with E-state index in [-0.39, 0.29) is 18.4 Å². The number of amides is 1. The molecule has 0 aliphatic rings. The van der Waals surface area contributed by atoms with Crippen LogP contribution in [0.3, 0.4) is 0 Å². The third kappa shape index (κ3) is 4.16. The number of hydrogen-bond acceptors (Lipinski definition) is 4. The molecule has 2 heterocycles. The number of pyridine rings is 1. The van der Waals surface area contributed by atoms with Crippen LogP contribution in [0.1, 0.15) is 27.4 Å². The Kier molecular flexibility index (Phi) is 5.11. The maximum Gasteiger partial charge on any atom is 0.252 e. The van der Waals surface area contributed by atoms with Crippen LogP contribution in [-0.2, 0) is 6.42 Å². The van der Waals surface area contributed by atoms with E-state index in [2.05, 4.69) is 10.3 Å². The van der Waals surface area contributed by atoms with Crippen LogP contribution >= 0.6 is 0 Å². The molecule has 0 spiro atoms. The topological polar surface area (TPSA) is 75.4 Å². The number of aliphatic hydroxyl groups excluding tert-OH is 1. The SMILES string of the molecule is Cc1cc(C(=O)NCC(CO)Cc2ccco2)cnc1C. The van der Waals surface area contributed by atoms with Gasteiger partial charge in [-0.3, -0.25) is 9.78 Å². The molecule has 0 aromatic carbocycles. The zero-order valence-corrected chi connectivity index (χ0v) is 12.3. The van der Waals surface area contributed by atoms with Crippen molar-refractivity contribution in [3.63, 3.8) is 0 Å². The average molecular weight is 288 g/mol. The van der Waals surface area contributed by atoms with Gasteiger partial charge in [-0.25, -0.2) is 0 Å². The molecular weight excluding hydrogens is 268 g/mol. The van der Waals surface area contributed by atoms with Crippen molar-refractivity contribution in [2.45, 2.75) is 20.3 Å². The highest BCUT2D eigenvalue weighted by Crippen LogP contribution is 2.10. The Labute approximate surface area is 124 Å². The second kappa shape index (κ2) is 7.04. The number of aromatic nitrogens is 1. The Bertz CT molecular complexity index is 594. The Balaban J connectivity index is 1.91. The first-order chi connectivity index (χ1) is 10.1. The largest absolute Gasteiger partial charge is 0.469 e. The van der Waals surface area contributed by atoms with Gasteiger partial charge in [0.2, 0.25) is 0 Å². The summed E-state index contributed by atoms with van der Waals surface area (Å²) in [5.74, 6) is 0.555. The number of rotatable bonds is 6. The van der Waals surface area contributed by atoms with Gasteiger partial charge in [0.1, 0.15) is 5.76 Å². The van der Waals surface area contributed by atoms with E-state index < -0.39 is 0 Å². The molecule has 1 atom stereocenters. The van der Waals surface area contributed by atoms with E-state index in [1.807, 2.05) is 32.0 Å². The van der Waals surface area contributed by atoms with Gasteiger partial charge >= 0.3 is 0 Å². The van der Waals surface area contributed by atoms with Crippen LogP contribution in [0.2, 0.25) is 0 Å². The molecule has 112 valence electrons. The van der Waals surface area contributed by atoms with E-state index in [1.165, 1.54) is 0 Å². The van der Waals surface area contributed by atoms with Gasteiger partial charge in [-0.2, -0.15) is 0 Å². The number of aliphatic hydroxyl groups is 1. The number of nitrogens with one attached hydrogen (secondary N) is 1. The fourth-order valence-corrected chi connectivity index (χ4v) is 2.02. The molecule has 1 unspecified atom stereocenters. The van der Waals surface area contributed by atoms with Crippen molar-refractivity contribution in [3.05, 3.63) is 53.2 Å². The molecule has 0 bridgehead atoms. The first-order valence-electron chi connectivity index (χ1n) is 6.95. The summed E-state index contributed by atoms with van der Waals surface area (Å²) in [5, 5.41) is 12.2. The van der Waals surface area contributed by atoms with Gasteiger partial charge in [-0.15, -0.1) is 0 Å². The highest BCUT2D eigenvalue weighted by molar-refractivity contribution is 5.94. The summed E-state index contributed by atoms with van der Waals surface area (Å²) in [7, 11) is 0. The summed E-state index contributed by atoms with van der Waals surface area (Å²) >= 11 is 0. The predicted octanol–water partition coefficient (Wildman–Crippen LogP) is 1.87. The molecular formula is C16H20N2O3. The van der Waals surface area contributed by atoms with Crippen LogP contribution in [0, 0.1) is 19.8 Å². The Morgan fingerprint density at radius 1 is 1.48 bits per heavy atom. The second-order valence-corrected chi connectivity index (χ2v) is 5.17. The number of carbonyl (C=O) groups is 1. The molecule has 2 rings (SSSR count). The number of carbonyl (C=O) groups excluding carboxylic acids is 1. The quantitative estimate of drug-likeness (QED) is 0.851. The summed E-state index contributed by atoms with van der Waals surface area (Å²) in [6.07, 6.45) is 3.76. The Hall–Kier alpha value is -2.14. The molecule has 2 N–H and O–H groups in total. The molecule has 0 aliphatic heterocycles. The lowest BCUT2D eigenvalue weighted by Gasteiger charge is -2.14. The van der Waals surface area contributed by atoms with Crippen LogP contribution in [-0.4, -0.2) is 29.1 Å². The molecule has 0 saturated heterocycles. The smallest absolute Gasteiger partial charge is 0.252 e. The van der Waals surface area contributed by atoms with Crippen molar-refractivity contribution in [1.82, 2.24) is 10.3 Å². The molecule has 2 aromatic heterocycles. The zero-order valence-electron chi connectivity index (χ0n) is 12.3. The van der Waals surface area contributed by atoms with Crippen LogP contribution in [0.4, 0.5) is 0 Å². The van der Waals surface area contributed by atoms with Crippen LogP contribution in [0.25, 0.3) is 0 Å². The van der Waals surface area contributed by atoms with E-state index >= 15 is 0 Å². The van der Waals surface area contributed by atoms with Crippen molar-refractivity contribution in [3.8, 4) is 0 Å². The van der Waals surface area contributed by atoms with Crippen LogP contribution in [0.15, 0.2) is 35.1 Å². The fourth-order valence-electron chi connectivity index (χ4n) is 2.02. The fraction of sp³-hybridized carbons (Fsp3) is 0.375. The van der Waals surface area contributed by atoms with Crippen molar-refractivity contribution >= 4 is 5.91 Å². The van der Waals surface area contributed by atoms with Crippen molar-refractivity contribution in [1.29, 1.82) is 0 Å². The standard InChI is InChI=1S/C16H20N2O3/c1-11-6-14(9-17-12(11)2)16(20)18-8-13(10-19)7-15-4-3-5-21-15/h3-6,9,13,19H,7-8,10H2,1-2H3,(H,18,20). The van der Waals surface area contributed by atoms with Gasteiger partial charge < -0.3 is 14.8 Å². The number of aryl methyl sites for hydroxylation is 2. The van der Waals surface area contributed by atoms with E-state index in [0.29, 0.717) is 18.5 Å². The van der Waals surface area contributed by atoms with Crippen molar-refractivity contribution in [2.75, 3.05) is 13.2 Å². The highest BCUT2D eigenvalue weighted by Gasteiger charge is 2.13. The van der Waals surface area contributed by atoms with Gasteiger partial charge in [0, 0.05) is 37.4 Å². The molecule has 5 nitrogen and oxygen atoms in total. The van der Waals surface area contributed by atoms with Gasteiger partial charge in [0.15, 0.2) is 0 Å². The van der Waals surface area contributed by atoms with Crippen molar-refractivity contribution < 1.29 is 14.3 Å². The molecule has 0 radical (unpaired) electrons. The molecule has 1 amide bonds. The maximum atomic E-state index is 12.1. The summed E-state index contributed by atoms with van der Waals surface area (Å²) in [6.45, 7) is 4.21. The summed E-state index contributed by atoms with van der Waals surface area (Å²) in [6, 6.07) is 5.49. The minimum Gasteiger partial charge on any atom is -0.469 e. The zero-order chi connectivity index (χ0) is 15.2. The first-order valence-corrected chi connectivity index (χ1v) is 6.95. The Morgan fingerprint density at radius 3 is 2.90 bits per heavy atom. The molecule has 0 fully saturated rings. The van der Waals surface area contributed by atoms with Crippen LogP contribution in [0.5, 0.6) is 0 Å². The number of furan rings is 1. The first kappa shape index (κ1) is 15.3. The lowest BCUT2D eigenvalue weighted by molar-refractivity contribution is 0.0938. The van der Waals surface area contributed by atoms with E-state index in [4.69, 9.17) is 4.42 Å². The molecule has 0 aliphatic carbocycles. The summed E-state index contributed by atoms with van der Waals surface area (Å²) in [4.78, 5) is 16.3. The monoisotopic (exact) mass is 288 g/mol. The lowest BCUT2D eigenvalue weighted by Crippen LogP contribution is -2.32. The normalized spacial score (nSPS) is 12.1. The number of nitrogens with zero attached hydrogens (tertiary/aromatic N) is 1. The number of hydrogen-bond donors (Lipinski definition) is 2. The minimum atomic E-state index is -0.177. The third-order valence-electron chi connectivity index (χ3n) is 3.48. The maximum absolute atomic E-state index is 12.1. The minimum absolute atomic E-state index is 0.00778. The molecule has 5 heteroatoms. The summed E-state index contributed by atoms with van der Waals surface area (Å²) < 4.78 is 5.25. The van der Waals surface area contributed by atoms with Gasteiger partial charge in [0.05, 0.1) is 11.8 Å². The van der Waals surface area contributed by atoms with Crippen molar-refractivity contribution in [2.24, 2.45) is 5.92 Å². The van der Waals surface area contributed by atoms with E-state index in [9.17, 15) is 9.90 Å². The highest BCUT2D eigenvalue weighted by atomic mass is 16.3. The van der Waals surface area contributed by atoms with E-state index in [0.717, 1.165) is 17.0 Å². The molecule has 0 saturated carbocycles. The molecule has 21 heavy (non-hydrogen) atoms. The van der Waals surface area contributed by atoms with E-state index in [1.54, 1.807) is 12.5 Å². The lowest BCUT2D eigenvalue weighted by atomic mass is 10.0. The molecule has 2 aromatic rings. The third-order valence-corrected chi connectivity index (χ3v) is 3.48. The van der Waals surface area contributed by atoms with Crippen LogP contribution < -0.4 is 5.32 Å². The predicted molar refractivity (Wildman–Crippen MR) is 79.0 cm³/mol. The van der Waals surface area contributed by atoms with Gasteiger partial charge in [-0.05, 0) is 37.6 Å². The average Bonchev–Trinajstić information content (AvgIpc) is 2.99. The Morgan fingerprint density at radius 2 is 2.29 bits per heavy atom.